The first-order chi connectivity index (χ1) is 12.3. The van der Waals surface area contributed by atoms with E-state index in [1.54, 1.807) is 18.2 Å². The van der Waals surface area contributed by atoms with E-state index in [0.717, 1.165) is 0 Å². The van der Waals surface area contributed by atoms with Crippen LogP contribution in [0.5, 0.6) is 0 Å². The number of carbonyl (C=O) groups is 3. The molecule has 0 spiro atoms. The maximum absolute atomic E-state index is 13.7. The fraction of sp³-hybridized carbons (Fsp3) is 0.211. The Balaban J connectivity index is 1.97. The van der Waals surface area contributed by atoms with E-state index in [-0.39, 0.29) is 22.8 Å². The number of hydrogen-bond acceptors (Lipinski definition) is 4. The normalized spacial score (nSPS) is 11.5. The topological polar surface area (TPSA) is 72.5 Å². The molecule has 1 amide bonds. The lowest BCUT2D eigenvalue weighted by Crippen LogP contribution is -2.30. The number of halogens is 2. The van der Waals surface area contributed by atoms with Crippen LogP contribution in [0.25, 0.3) is 0 Å². The van der Waals surface area contributed by atoms with Gasteiger partial charge in [-0.3, -0.25) is 14.4 Å². The minimum absolute atomic E-state index is 0.0148. The summed E-state index contributed by atoms with van der Waals surface area (Å²) in [5.41, 5.74) is 0.866. The molecule has 5 nitrogen and oxygen atoms in total. The molecule has 136 valence electrons. The number of esters is 1. The van der Waals surface area contributed by atoms with Crippen LogP contribution in [0.15, 0.2) is 42.5 Å². The van der Waals surface area contributed by atoms with Gasteiger partial charge in [0.2, 0.25) is 0 Å². The number of benzene rings is 2. The third kappa shape index (κ3) is 5.13. The van der Waals surface area contributed by atoms with Crippen molar-refractivity contribution in [1.82, 2.24) is 0 Å². The molecular weight excluding hydrogens is 361 g/mol. The number of anilines is 1. The fourth-order valence-corrected chi connectivity index (χ4v) is 2.43. The molecule has 0 aliphatic rings. The van der Waals surface area contributed by atoms with E-state index in [0.29, 0.717) is 11.3 Å². The van der Waals surface area contributed by atoms with Crippen LogP contribution in [0.3, 0.4) is 0 Å². The van der Waals surface area contributed by atoms with Gasteiger partial charge in [0, 0.05) is 21.8 Å². The Morgan fingerprint density at radius 1 is 1.19 bits per heavy atom. The van der Waals surface area contributed by atoms with E-state index in [4.69, 9.17) is 16.3 Å². The van der Waals surface area contributed by atoms with E-state index in [1.165, 1.54) is 38.1 Å². The van der Waals surface area contributed by atoms with E-state index in [9.17, 15) is 18.8 Å². The number of rotatable bonds is 6. The molecule has 0 bridgehead atoms. The average molecular weight is 378 g/mol. The van der Waals surface area contributed by atoms with Crippen LogP contribution in [-0.2, 0) is 20.7 Å². The van der Waals surface area contributed by atoms with Crippen molar-refractivity contribution in [3.05, 3.63) is 64.4 Å². The van der Waals surface area contributed by atoms with Gasteiger partial charge in [-0.1, -0.05) is 29.8 Å². The van der Waals surface area contributed by atoms with Crippen LogP contribution in [-0.4, -0.2) is 23.8 Å². The second-order valence-corrected chi connectivity index (χ2v) is 6.04. The molecule has 2 aromatic carbocycles. The van der Waals surface area contributed by atoms with Crippen LogP contribution in [0.2, 0.25) is 5.02 Å². The molecule has 0 saturated heterocycles. The molecule has 0 radical (unpaired) electrons. The highest BCUT2D eigenvalue weighted by Gasteiger charge is 2.20. The highest BCUT2D eigenvalue weighted by Crippen LogP contribution is 2.20. The van der Waals surface area contributed by atoms with Gasteiger partial charge in [0.25, 0.3) is 5.91 Å². The second-order valence-electron chi connectivity index (χ2n) is 5.64. The standard InChI is InChI=1S/C19H17ClFNO4/c1-11(23)13-5-3-6-14(9-13)22-19(25)12(2)26-18(24)10-15-16(20)7-4-8-17(15)21/h3-9,12H,10H2,1-2H3,(H,22,25). The van der Waals surface area contributed by atoms with Gasteiger partial charge in [0.15, 0.2) is 11.9 Å². The summed E-state index contributed by atoms with van der Waals surface area (Å²) in [6.45, 7) is 2.81. The summed E-state index contributed by atoms with van der Waals surface area (Å²) < 4.78 is 18.7. The Morgan fingerprint density at radius 2 is 1.88 bits per heavy atom. The largest absolute Gasteiger partial charge is 0.452 e. The number of hydrogen-bond donors (Lipinski definition) is 1. The molecular formula is C19H17ClFNO4. The van der Waals surface area contributed by atoms with Gasteiger partial charge in [-0.25, -0.2) is 4.39 Å². The molecule has 2 aromatic rings. The van der Waals surface area contributed by atoms with Gasteiger partial charge in [-0.2, -0.15) is 0 Å². The monoisotopic (exact) mass is 377 g/mol. The Kier molecular flexibility index (Phi) is 6.46. The van der Waals surface area contributed by atoms with Crippen molar-refractivity contribution in [2.24, 2.45) is 0 Å². The zero-order chi connectivity index (χ0) is 19.3. The molecule has 7 heteroatoms. The second kappa shape index (κ2) is 8.58. The maximum atomic E-state index is 13.7. The number of carbonyl (C=O) groups excluding carboxylic acids is 3. The van der Waals surface area contributed by atoms with E-state index < -0.39 is 23.8 Å². The van der Waals surface area contributed by atoms with Crippen molar-refractivity contribution in [1.29, 1.82) is 0 Å². The number of amides is 1. The van der Waals surface area contributed by atoms with Crippen LogP contribution < -0.4 is 5.32 Å². The van der Waals surface area contributed by atoms with Gasteiger partial charge in [-0.05, 0) is 38.1 Å². The first-order valence-electron chi connectivity index (χ1n) is 7.82. The smallest absolute Gasteiger partial charge is 0.311 e. The summed E-state index contributed by atoms with van der Waals surface area (Å²) in [5, 5.41) is 2.67. The number of nitrogens with one attached hydrogen (secondary N) is 1. The molecule has 1 atom stereocenters. The minimum Gasteiger partial charge on any atom is -0.452 e. The highest BCUT2D eigenvalue weighted by molar-refractivity contribution is 6.31. The summed E-state index contributed by atoms with van der Waals surface area (Å²) in [7, 11) is 0. The molecule has 26 heavy (non-hydrogen) atoms. The van der Waals surface area contributed by atoms with Gasteiger partial charge >= 0.3 is 5.97 Å². The predicted molar refractivity (Wildman–Crippen MR) is 95.7 cm³/mol. The summed E-state index contributed by atoms with van der Waals surface area (Å²) >= 11 is 5.87. The van der Waals surface area contributed by atoms with Crippen molar-refractivity contribution in [3.63, 3.8) is 0 Å². The first-order valence-corrected chi connectivity index (χ1v) is 8.20. The lowest BCUT2D eigenvalue weighted by molar-refractivity contribution is -0.152. The minimum atomic E-state index is -1.10. The van der Waals surface area contributed by atoms with Crippen LogP contribution in [0.1, 0.15) is 29.8 Å². The number of ether oxygens (including phenoxy) is 1. The Morgan fingerprint density at radius 3 is 2.54 bits per heavy atom. The van der Waals surface area contributed by atoms with Crippen molar-refractivity contribution >= 4 is 34.9 Å². The zero-order valence-electron chi connectivity index (χ0n) is 14.2. The van der Waals surface area contributed by atoms with Gasteiger partial charge in [-0.15, -0.1) is 0 Å². The molecule has 0 aromatic heterocycles. The summed E-state index contributed by atoms with van der Waals surface area (Å²) in [6.07, 6.45) is -1.49. The Labute approximate surface area is 155 Å². The molecule has 0 heterocycles. The molecule has 0 aliphatic carbocycles. The third-order valence-corrected chi connectivity index (χ3v) is 3.95. The van der Waals surface area contributed by atoms with Crippen LogP contribution in [0, 0.1) is 5.82 Å². The molecule has 2 rings (SSSR count). The molecule has 1 unspecified atom stereocenters. The van der Waals surface area contributed by atoms with Crippen LogP contribution >= 0.6 is 11.6 Å². The highest BCUT2D eigenvalue weighted by atomic mass is 35.5. The quantitative estimate of drug-likeness (QED) is 0.614. The maximum Gasteiger partial charge on any atom is 0.311 e. The number of Topliss-reactive ketones (excluding diaryl/α,β-unsaturated/α-hetero) is 1. The van der Waals surface area contributed by atoms with Crippen molar-refractivity contribution in [2.45, 2.75) is 26.4 Å². The lowest BCUT2D eigenvalue weighted by Gasteiger charge is -2.14. The SMILES string of the molecule is CC(=O)c1cccc(NC(=O)C(C)OC(=O)Cc2c(F)cccc2Cl)c1. The Hall–Kier alpha value is -2.73. The summed E-state index contributed by atoms with van der Waals surface area (Å²) in [4.78, 5) is 35.5. The molecule has 0 aliphatic heterocycles. The summed E-state index contributed by atoms with van der Waals surface area (Å²) in [5.74, 6) is -2.11. The van der Waals surface area contributed by atoms with E-state index in [1.807, 2.05) is 0 Å². The van der Waals surface area contributed by atoms with Crippen molar-refractivity contribution in [2.75, 3.05) is 5.32 Å². The van der Waals surface area contributed by atoms with Crippen molar-refractivity contribution in [3.8, 4) is 0 Å². The lowest BCUT2D eigenvalue weighted by atomic mass is 10.1. The number of ketones is 1. The third-order valence-electron chi connectivity index (χ3n) is 3.60. The van der Waals surface area contributed by atoms with Gasteiger partial charge < -0.3 is 10.1 Å². The molecule has 0 fully saturated rings. The van der Waals surface area contributed by atoms with Crippen LogP contribution in [0.4, 0.5) is 10.1 Å². The Bertz CT molecular complexity index is 833. The average Bonchev–Trinajstić information content (AvgIpc) is 2.58. The predicted octanol–water partition coefficient (Wildman–Crippen LogP) is 3.79. The zero-order valence-corrected chi connectivity index (χ0v) is 15.0. The van der Waals surface area contributed by atoms with Gasteiger partial charge in [0.1, 0.15) is 5.82 Å². The van der Waals surface area contributed by atoms with Gasteiger partial charge in [0.05, 0.1) is 6.42 Å². The molecule has 0 saturated carbocycles. The molecule has 1 N–H and O–H groups in total. The summed E-state index contributed by atoms with van der Waals surface area (Å²) in [6, 6.07) is 10.5. The fourth-order valence-electron chi connectivity index (χ4n) is 2.20. The van der Waals surface area contributed by atoms with E-state index >= 15 is 0 Å². The van der Waals surface area contributed by atoms with E-state index in [2.05, 4.69) is 5.32 Å². The van der Waals surface area contributed by atoms with Crippen molar-refractivity contribution < 1.29 is 23.5 Å². The first kappa shape index (κ1) is 19.6.